The summed E-state index contributed by atoms with van der Waals surface area (Å²) in [6.07, 6.45) is 2.17. The fourth-order valence-electron chi connectivity index (χ4n) is 3.69. The molecule has 3 aromatic rings. The highest BCUT2D eigenvalue weighted by atomic mass is 16.2. The summed E-state index contributed by atoms with van der Waals surface area (Å²) in [6.45, 7) is 1.69. The number of hydrogen-bond donors (Lipinski definition) is 2. The van der Waals surface area contributed by atoms with E-state index >= 15 is 0 Å². The summed E-state index contributed by atoms with van der Waals surface area (Å²) < 4.78 is 0. The Labute approximate surface area is 157 Å². The quantitative estimate of drug-likeness (QED) is 0.734. The zero-order chi connectivity index (χ0) is 18.8. The number of nitrogens with one attached hydrogen (secondary N) is 1. The molecule has 3 N–H and O–H groups in total. The molecule has 0 aromatic heterocycles. The lowest BCUT2D eigenvalue weighted by Crippen LogP contribution is -2.27. The van der Waals surface area contributed by atoms with E-state index in [2.05, 4.69) is 5.32 Å². The van der Waals surface area contributed by atoms with Crippen LogP contribution in [0, 0.1) is 0 Å². The van der Waals surface area contributed by atoms with Crippen molar-refractivity contribution in [2.45, 2.75) is 12.8 Å². The van der Waals surface area contributed by atoms with Crippen LogP contribution in [0.4, 0.5) is 10.5 Å². The second-order valence-electron chi connectivity index (χ2n) is 6.77. The summed E-state index contributed by atoms with van der Waals surface area (Å²) in [6, 6.07) is 18.8. The van der Waals surface area contributed by atoms with E-state index in [-0.39, 0.29) is 5.91 Å². The molecule has 1 fully saturated rings. The zero-order valence-electron chi connectivity index (χ0n) is 14.9. The van der Waals surface area contributed by atoms with E-state index in [4.69, 9.17) is 5.73 Å². The van der Waals surface area contributed by atoms with Crippen LogP contribution in [0.3, 0.4) is 0 Å². The molecule has 0 aliphatic carbocycles. The largest absolute Gasteiger partial charge is 0.351 e. The third-order valence-electron chi connectivity index (χ3n) is 5.02. The lowest BCUT2D eigenvalue weighted by Gasteiger charge is -2.16. The van der Waals surface area contributed by atoms with Crippen LogP contribution >= 0.6 is 0 Å². The summed E-state index contributed by atoms with van der Waals surface area (Å²) >= 11 is 0. The van der Waals surface area contributed by atoms with Crippen molar-refractivity contribution in [1.82, 2.24) is 4.90 Å². The monoisotopic (exact) mass is 359 g/mol. The van der Waals surface area contributed by atoms with Crippen molar-refractivity contribution in [3.8, 4) is 11.1 Å². The summed E-state index contributed by atoms with van der Waals surface area (Å²) in [5.41, 5.74) is 8.74. The maximum atomic E-state index is 12.5. The Morgan fingerprint density at radius 1 is 0.852 bits per heavy atom. The van der Waals surface area contributed by atoms with Crippen molar-refractivity contribution in [3.05, 3.63) is 66.2 Å². The number of hydrogen-bond acceptors (Lipinski definition) is 2. The molecule has 0 saturated carbocycles. The average Bonchev–Trinajstić information content (AvgIpc) is 3.22. The summed E-state index contributed by atoms with van der Waals surface area (Å²) in [4.78, 5) is 25.7. The fraction of sp³-hybridized carbons (Fsp3) is 0.182. The first kappa shape index (κ1) is 17.1. The minimum Gasteiger partial charge on any atom is -0.351 e. The molecular weight excluding hydrogens is 338 g/mol. The van der Waals surface area contributed by atoms with Crippen molar-refractivity contribution in [3.63, 3.8) is 0 Å². The van der Waals surface area contributed by atoms with Crippen LogP contribution in [0.1, 0.15) is 23.2 Å². The van der Waals surface area contributed by atoms with E-state index in [0.717, 1.165) is 53.4 Å². The second-order valence-corrected chi connectivity index (χ2v) is 6.77. The lowest BCUT2D eigenvalue weighted by atomic mass is 9.96. The highest BCUT2D eigenvalue weighted by Crippen LogP contribution is 2.33. The second kappa shape index (κ2) is 7.11. The number of primary amides is 1. The molecular formula is C22H21N3O2. The number of nitrogens with two attached hydrogens (primary N) is 1. The van der Waals surface area contributed by atoms with Gasteiger partial charge in [-0.2, -0.15) is 0 Å². The van der Waals surface area contributed by atoms with Gasteiger partial charge in [-0.25, -0.2) is 4.79 Å². The molecule has 0 spiro atoms. The van der Waals surface area contributed by atoms with Crippen molar-refractivity contribution < 1.29 is 9.59 Å². The Kier molecular flexibility index (Phi) is 4.50. The molecule has 4 rings (SSSR count). The van der Waals surface area contributed by atoms with Crippen molar-refractivity contribution >= 4 is 28.4 Å². The van der Waals surface area contributed by atoms with Crippen LogP contribution in [0.15, 0.2) is 60.7 Å². The molecule has 0 atom stereocenters. The Balaban J connectivity index is 1.70. The number of likely N-dealkylation sites (tertiary alicyclic amines) is 1. The van der Waals surface area contributed by atoms with Crippen LogP contribution < -0.4 is 11.1 Å². The Morgan fingerprint density at radius 3 is 2.19 bits per heavy atom. The summed E-state index contributed by atoms with van der Waals surface area (Å²) in [5, 5.41) is 4.61. The number of anilines is 1. The molecule has 3 amide bonds. The predicted octanol–water partition coefficient (Wildman–Crippen LogP) is 4.23. The van der Waals surface area contributed by atoms with Gasteiger partial charge in [0.15, 0.2) is 0 Å². The van der Waals surface area contributed by atoms with E-state index < -0.39 is 6.03 Å². The molecule has 5 heteroatoms. The minimum absolute atomic E-state index is 0.102. The molecule has 1 saturated heterocycles. The van der Waals surface area contributed by atoms with Gasteiger partial charge in [-0.15, -0.1) is 0 Å². The van der Waals surface area contributed by atoms with Crippen LogP contribution in [0.5, 0.6) is 0 Å². The number of urea groups is 1. The normalized spacial score (nSPS) is 13.7. The number of nitrogens with zero attached hydrogens (tertiary/aromatic N) is 1. The Hall–Kier alpha value is -3.34. The molecule has 1 aliphatic heterocycles. The van der Waals surface area contributed by atoms with Gasteiger partial charge < -0.3 is 16.0 Å². The van der Waals surface area contributed by atoms with Gasteiger partial charge in [-0.1, -0.05) is 42.5 Å². The van der Waals surface area contributed by atoms with E-state index in [0.29, 0.717) is 5.69 Å². The highest BCUT2D eigenvalue weighted by Gasteiger charge is 2.19. The van der Waals surface area contributed by atoms with E-state index in [9.17, 15) is 9.59 Å². The molecule has 27 heavy (non-hydrogen) atoms. The summed E-state index contributed by atoms with van der Waals surface area (Å²) in [5.74, 6) is 0.102. The van der Waals surface area contributed by atoms with Crippen molar-refractivity contribution in [2.75, 3.05) is 18.4 Å². The molecule has 1 aliphatic rings. The van der Waals surface area contributed by atoms with Crippen LogP contribution in [-0.4, -0.2) is 29.9 Å². The number of amides is 3. The Morgan fingerprint density at radius 2 is 1.52 bits per heavy atom. The average molecular weight is 359 g/mol. The third-order valence-corrected chi connectivity index (χ3v) is 5.02. The number of rotatable bonds is 3. The fourth-order valence-corrected chi connectivity index (χ4v) is 3.69. The zero-order valence-corrected chi connectivity index (χ0v) is 14.9. The maximum Gasteiger partial charge on any atom is 0.316 e. The van der Waals surface area contributed by atoms with Gasteiger partial charge in [-0.05, 0) is 47.6 Å². The van der Waals surface area contributed by atoms with E-state index in [1.807, 2.05) is 65.6 Å². The molecule has 0 bridgehead atoms. The first-order valence-electron chi connectivity index (χ1n) is 9.11. The van der Waals surface area contributed by atoms with Gasteiger partial charge >= 0.3 is 6.03 Å². The van der Waals surface area contributed by atoms with Crippen molar-refractivity contribution in [1.29, 1.82) is 0 Å². The number of fused-ring (bicyclic) bond motifs is 1. The van der Waals surface area contributed by atoms with Gasteiger partial charge in [0.2, 0.25) is 0 Å². The third kappa shape index (κ3) is 3.36. The number of carbonyl (C=O) groups excluding carboxylic acids is 2. The van der Waals surface area contributed by atoms with Gasteiger partial charge in [0.1, 0.15) is 0 Å². The minimum atomic E-state index is -0.585. The molecule has 1 heterocycles. The smallest absolute Gasteiger partial charge is 0.316 e. The molecule has 136 valence electrons. The molecule has 3 aromatic carbocycles. The van der Waals surface area contributed by atoms with Crippen LogP contribution in [-0.2, 0) is 0 Å². The van der Waals surface area contributed by atoms with Gasteiger partial charge in [0.05, 0.1) is 5.69 Å². The number of carbonyl (C=O) groups is 2. The standard InChI is InChI=1S/C22H21N3O2/c23-22(27)24-20-12-11-17(18-5-1-2-6-19(18)20)15-7-9-16(10-8-15)21(26)25-13-3-4-14-25/h1-2,5-12H,3-4,13-14H2,(H3,23,24,27). The predicted molar refractivity (Wildman–Crippen MR) is 108 cm³/mol. The van der Waals surface area contributed by atoms with Gasteiger partial charge in [-0.3, -0.25) is 4.79 Å². The van der Waals surface area contributed by atoms with Crippen molar-refractivity contribution in [2.24, 2.45) is 5.73 Å². The SMILES string of the molecule is NC(=O)Nc1ccc(-c2ccc(C(=O)N3CCCC3)cc2)c2ccccc12. The topological polar surface area (TPSA) is 75.4 Å². The van der Waals surface area contributed by atoms with Gasteiger partial charge in [0, 0.05) is 24.0 Å². The number of benzene rings is 3. The lowest BCUT2D eigenvalue weighted by molar-refractivity contribution is 0.0793. The van der Waals surface area contributed by atoms with Crippen LogP contribution in [0.2, 0.25) is 0 Å². The summed E-state index contributed by atoms with van der Waals surface area (Å²) in [7, 11) is 0. The van der Waals surface area contributed by atoms with E-state index in [1.54, 1.807) is 0 Å². The van der Waals surface area contributed by atoms with E-state index in [1.165, 1.54) is 0 Å². The van der Waals surface area contributed by atoms with Crippen LogP contribution in [0.25, 0.3) is 21.9 Å². The highest BCUT2D eigenvalue weighted by molar-refractivity contribution is 6.07. The first-order valence-corrected chi connectivity index (χ1v) is 9.11. The molecule has 5 nitrogen and oxygen atoms in total. The molecule has 0 unspecified atom stereocenters. The Bertz CT molecular complexity index is 1010. The molecule has 0 radical (unpaired) electrons. The van der Waals surface area contributed by atoms with Gasteiger partial charge in [0.25, 0.3) is 5.91 Å². The maximum absolute atomic E-state index is 12.5. The first-order chi connectivity index (χ1) is 13.1.